The standard InChI is InChI=1S/C15H23N3O3/c1-18(13-5-7-21-8-6-13)10-12-9-11(15(16)17-19)3-4-14(12)20-2/h3-4,9,13,19H,5-8,10H2,1-2H3,(H2,16,17). The smallest absolute Gasteiger partial charge is 0.170 e. The van der Waals surface area contributed by atoms with Crippen molar-refractivity contribution in [2.75, 3.05) is 27.4 Å². The van der Waals surface area contributed by atoms with E-state index < -0.39 is 0 Å². The van der Waals surface area contributed by atoms with E-state index >= 15 is 0 Å². The third-order valence-corrected chi connectivity index (χ3v) is 3.92. The number of oxime groups is 1. The predicted octanol–water partition coefficient (Wildman–Crippen LogP) is 1.40. The first-order valence-corrected chi connectivity index (χ1v) is 7.08. The van der Waals surface area contributed by atoms with E-state index in [4.69, 9.17) is 20.4 Å². The summed E-state index contributed by atoms with van der Waals surface area (Å²) in [6, 6.07) is 6.05. The third-order valence-electron chi connectivity index (χ3n) is 3.92. The number of ether oxygens (including phenoxy) is 2. The highest BCUT2D eigenvalue weighted by molar-refractivity contribution is 5.97. The Kier molecular flexibility index (Phi) is 5.41. The number of benzene rings is 1. The first-order valence-electron chi connectivity index (χ1n) is 7.08. The maximum atomic E-state index is 8.80. The number of hydrogen-bond donors (Lipinski definition) is 2. The fraction of sp³-hybridized carbons (Fsp3) is 0.533. The van der Waals surface area contributed by atoms with Gasteiger partial charge >= 0.3 is 0 Å². The van der Waals surface area contributed by atoms with Gasteiger partial charge in [-0.1, -0.05) is 5.16 Å². The largest absolute Gasteiger partial charge is 0.496 e. The molecule has 1 aliphatic heterocycles. The molecular weight excluding hydrogens is 270 g/mol. The molecule has 0 unspecified atom stereocenters. The first kappa shape index (κ1) is 15.6. The molecular formula is C15H23N3O3. The van der Waals surface area contributed by atoms with Gasteiger partial charge in [-0.3, -0.25) is 4.90 Å². The van der Waals surface area contributed by atoms with Gasteiger partial charge in [0, 0.05) is 36.9 Å². The van der Waals surface area contributed by atoms with Gasteiger partial charge in [0.05, 0.1) is 7.11 Å². The zero-order valence-electron chi connectivity index (χ0n) is 12.6. The van der Waals surface area contributed by atoms with Crippen molar-refractivity contribution in [2.45, 2.75) is 25.4 Å². The molecule has 1 heterocycles. The molecule has 0 aliphatic carbocycles. The lowest BCUT2D eigenvalue weighted by molar-refractivity contribution is 0.0405. The third kappa shape index (κ3) is 3.86. The molecule has 0 aromatic heterocycles. The van der Waals surface area contributed by atoms with Gasteiger partial charge in [-0.25, -0.2) is 0 Å². The maximum Gasteiger partial charge on any atom is 0.170 e. The second kappa shape index (κ2) is 7.28. The highest BCUT2D eigenvalue weighted by Gasteiger charge is 2.19. The molecule has 3 N–H and O–H groups in total. The van der Waals surface area contributed by atoms with Crippen LogP contribution in [0.15, 0.2) is 23.4 Å². The Balaban J connectivity index is 2.16. The summed E-state index contributed by atoms with van der Waals surface area (Å²) in [4.78, 5) is 2.30. The van der Waals surface area contributed by atoms with Crippen LogP contribution in [0.4, 0.5) is 0 Å². The molecule has 2 rings (SSSR count). The Morgan fingerprint density at radius 3 is 2.81 bits per heavy atom. The molecule has 1 saturated heterocycles. The summed E-state index contributed by atoms with van der Waals surface area (Å²) < 4.78 is 10.8. The van der Waals surface area contributed by atoms with Crippen LogP contribution in [0.3, 0.4) is 0 Å². The van der Waals surface area contributed by atoms with E-state index in [1.807, 2.05) is 12.1 Å². The van der Waals surface area contributed by atoms with Crippen LogP contribution >= 0.6 is 0 Å². The van der Waals surface area contributed by atoms with Gasteiger partial charge in [0.25, 0.3) is 0 Å². The molecule has 6 heteroatoms. The van der Waals surface area contributed by atoms with E-state index in [1.54, 1.807) is 13.2 Å². The molecule has 0 spiro atoms. The average molecular weight is 293 g/mol. The Hall–Kier alpha value is -1.79. The number of hydrogen-bond acceptors (Lipinski definition) is 5. The lowest BCUT2D eigenvalue weighted by atomic mass is 10.0. The van der Waals surface area contributed by atoms with Crippen LogP contribution in [0.2, 0.25) is 0 Å². The van der Waals surface area contributed by atoms with Crippen LogP contribution in [-0.2, 0) is 11.3 Å². The highest BCUT2D eigenvalue weighted by atomic mass is 16.5. The Labute approximate surface area is 125 Å². The van der Waals surface area contributed by atoms with Crippen LogP contribution in [0.25, 0.3) is 0 Å². The van der Waals surface area contributed by atoms with Crippen LogP contribution in [0, 0.1) is 0 Å². The molecule has 1 aliphatic rings. The van der Waals surface area contributed by atoms with Gasteiger partial charge in [-0.2, -0.15) is 0 Å². The fourth-order valence-corrected chi connectivity index (χ4v) is 2.64. The molecule has 6 nitrogen and oxygen atoms in total. The van der Waals surface area contributed by atoms with Crippen LogP contribution < -0.4 is 10.5 Å². The highest BCUT2D eigenvalue weighted by Crippen LogP contribution is 2.23. The van der Waals surface area contributed by atoms with Crippen molar-refractivity contribution in [3.8, 4) is 5.75 Å². The van der Waals surface area contributed by atoms with E-state index in [2.05, 4.69) is 17.1 Å². The second-order valence-electron chi connectivity index (χ2n) is 5.27. The minimum atomic E-state index is 0.104. The summed E-state index contributed by atoms with van der Waals surface area (Å²) in [5.74, 6) is 0.913. The molecule has 1 fully saturated rings. The van der Waals surface area contributed by atoms with Crippen molar-refractivity contribution in [2.24, 2.45) is 10.9 Å². The van der Waals surface area contributed by atoms with Crippen LogP contribution in [0.5, 0.6) is 5.75 Å². The number of methoxy groups -OCH3 is 1. The lowest BCUT2D eigenvalue weighted by Gasteiger charge is -2.31. The Morgan fingerprint density at radius 1 is 1.48 bits per heavy atom. The zero-order valence-corrected chi connectivity index (χ0v) is 12.6. The van der Waals surface area contributed by atoms with Gasteiger partial charge < -0.3 is 20.4 Å². The molecule has 1 aromatic carbocycles. The van der Waals surface area contributed by atoms with Crippen molar-refractivity contribution in [1.29, 1.82) is 0 Å². The summed E-state index contributed by atoms with van der Waals surface area (Å²) in [6.45, 7) is 2.38. The number of amidine groups is 1. The minimum absolute atomic E-state index is 0.104. The predicted molar refractivity (Wildman–Crippen MR) is 80.8 cm³/mol. The van der Waals surface area contributed by atoms with Crippen LogP contribution in [0.1, 0.15) is 24.0 Å². The van der Waals surface area contributed by atoms with Crippen LogP contribution in [-0.4, -0.2) is 49.4 Å². The lowest BCUT2D eigenvalue weighted by Crippen LogP contribution is -2.36. The maximum absolute atomic E-state index is 8.80. The van der Waals surface area contributed by atoms with E-state index in [1.165, 1.54) is 0 Å². The van der Waals surface area contributed by atoms with Gasteiger partial charge in [0.15, 0.2) is 5.84 Å². The molecule has 0 radical (unpaired) electrons. The van der Waals surface area contributed by atoms with E-state index in [9.17, 15) is 0 Å². The van der Waals surface area contributed by atoms with E-state index in [0.717, 1.165) is 43.9 Å². The normalized spacial score (nSPS) is 17.2. The van der Waals surface area contributed by atoms with Gasteiger partial charge in [-0.15, -0.1) is 0 Å². The summed E-state index contributed by atoms with van der Waals surface area (Å²) in [5.41, 5.74) is 7.37. The van der Waals surface area contributed by atoms with Crippen molar-refractivity contribution >= 4 is 5.84 Å². The van der Waals surface area contributed by atoms with Crippen molar-refractivity contribution < 1.29 is 14.7 Å². The zero-order chi connectivity index (χ0) is 15.2. The van der Waals surface area contributed by atoms with Crippen molar-refractivity contribution in [1.82, 2.24) is 4.90 Å². The number of nitrogens with two attached hydrogens (primary N) is 1. The molecule has 0 bridgehead atoms. The number of rotatable bonds is 5. The van der Waals surface area contributed by atoms with Gasteiger partial charge in [0.2, 0.25) is 0 Å². The Morgan fingerprint density at radius 2 is 2.19 bits per heavy atom. The van der Waals surface area contributed by atoms with Gasteiger partial charge in [-0.05, 0) is 38.1 Å². The second-order valence-corrected chi connectivity index (χ2v) is 5.27. The molecule has 116 valence electrons. The molecule has 0 amide bonds. The van der Waals surface area contributed by atoms with Gasteiger partial charge in [0.1, 0.15) is 5.75 Å². The minimum Gasteiger partial charge on any atom is -0.496 e. The topological polar surface area (TPSA) is 80.3 Å². The monoisotopic (exact) mass is 293 g/mol. The van der Waals surface area contributed by atoms with E-state index in [-0.39, 0.29) is 5.84 Å². The SMILES string of the molecule is COc1ccc(/C(N)=N/O)cc1CN(C)C1CCOCC1. The summed E-state index contributed by atoms with van der Waals surface area (Å²) >= 11 is 0. The molecule has 21 heavy (non-hydrogen) atoms. The number of nitrogens with zero attached hydrogens (tertiary/aromatic N) is 2. The summed E-state index contributed by atoms with van der Waals surface area (Å²) in [7, 11) is 3.75. The quantitative estimate of drug-likeness (QED) is 0.371. The first-order chi connectivity index (χ1) is 10.2. The molecule has 1 aromatic rings. The van der Waals surface area contributed by atoms with Crippen molar-refractivity contribution in [3.63, 3.8) is 0 Å². The molecule has 0 atom stereocenters. The average Bonchev–Trinajstić information content (AvgIpc) is 2.54. The van der Waals surface area contributed by atoms with E-state index in [0.29, 0.717) is 11.6 Å². The molecule has 0 saturated carbocycles. The van der Waals surface area contributed by atoms with Crippen molar-refractivity contribution in [3.05, 3.63) is 29.3 Å². The Bertz CT molecular complexity index is 499. The summed E-state index contributed by atoms with van der Waals surface area (Å²) in [5, 5.41) is 11.8. The fourth-order valence-electron chi connectivity index (χ4n) is 2.64. The summed E-state index contributed by atoms with van der Waals surface area (Å²) in [6.07, 6.45) is 2.08.